The standard InChI is InChI=1S/C14H18F3N5/c1-3-10(2)13-18-6-4-12(20-13)19-8-11-5-7-22(21-11)9-14(15,16)17/h4-7,10H,3,8-9H2,1-2H3,(H,18,19,20). The summed E-state index contributed by atoms with van der Waals surface area (Å²) in [6.45, 7) is 3.32. The summed E-state index contributed by atoms with van der Waals surface area (Å²) in [7, 11) is 0. The first-order chi connectivity index (χ1) is 10.4. The van der Waals surface area contributed by atoms with E-state index in [4.69, 9.17) is 0 Å². The maximum atomic E-state index is 12.3. The summed E-state index contributed by atoms with van der Waals surface area (Å²) in [5.41, 5.74) is 0.521. The van der Waals surface area contributed by atoms with E-state index < -0.39 is 12.7 Å². The molecular formula is C14H18F3N5. The Bertz CT molecular complexity index is 609. The third kappa shape index (κ3) is 4.71. The van der Waals surface area contributed by atoms with Gasteiger partial charge in [0.25, 0.3) is 0 Å². The van der Waals surface area contributed by atoms with E-state index in [2.05, 4.69) is 27.3 Å². The van der Waals surface area contributed by atoms with Crippen molar-refractivity contribution in [2.24, 2.45) is 0 Å². The third-order valence-corrected chi connectivity index (χ3v) is 3.22. The quantitative estimate of drug-likeness (QED) is 0.888. The molecule has 0 aromatic carbocycles. The number of halogens is 3. The fraction of sp³-hybridized carbons (Fsp3) is 0.500. The van der Waals surface area contributed by atoms with E-state index in [-0.39, 0.29) is 5.92 Å². The number of aromatic nitrogens is 4. The molecule has 8 heteroatoms. The fourth-order valence-electron chi connectivity index (χ4n) is 1.84. The van der Waals surface area contributed by atoms with E-state index in [1.54, 1.807) is 18.3 Å². The summed E-state index contributed by atoms with van der Waals surface area (Å²) in [4.78, 5) is 8.60. The van der Waals surface area contributed by atoms with E-state index in [0.29, 0.717) is 18.1 Å². The van der Waals surface area contributed by atoms with Crippen LogP contribution in [-0.2, 0) is 13.1 Å². The number of anilines is 1. The highest BCUT2D eigenvalue weighted by Crippen LogP contribution is 2.17. The Kier molecular flexibility index (Phi) is 4.99. The van der Waals surface area contributed by atoms with Crippen molar-refractivity contribution in [2.45, 2.75) is 45.5 Å². The van der Waals surface area contributed by atoms with Crippen molar-refractivity contribution in [2.75, 3.05) is 5.32 Å². The van der Waals surface area contributed by atoms with Crippen molar-refractivity contribution < 1.29 is 13.2 Å². The summed E-state index contributed by atoms with van der Waals surface area (Å²) in [6, 6.07) is 3.27. The van der Waals surface area contributed by atoms with Crippen LogP contribution in [0.5, 0.6) is 0 Å². The average Bonchev–Trinajstić information content (AvgIpc) is 2.90. The molecule has 0 radical (unpaired) electrons. The van der Waals surface area contributed by atoms with Gasteiger partial charge in [0.05, 0.1) is 12.2 Å². The Hall–Kier alpha value is -2.12. The molecule has 1 atom stereocenters. The van der Waals surface area contributed by atoms with Crippen LogP contribution in [-0.4, -0.2) is 25.9 Å². The Labute approximate surface area is 126 Å². The third-order valence-electron chi connectivity index (χ3n) is 3.22. The summed E-state index contributed by atoms with van der Waals surface area (Å²) < 4.78 is 37.7. The molecule has 0 fully saturated rings. The van der Waals surface area contributed by atoms with Crippen LogP contribution in [0.2, 0.25) is 0 Å². The zero-order chi connectivity index (χ0) is 16.2. The van der Waals surface area contributed by atoms with Gasteiger partial charge in [0.1, 0.15) is 18.2 Å². The summed E-state index contributed by atoms with van der Waals surface area (Å²) in [6.07, 6.45) is -0.353. The lowest BCUT2D eigenvalue weighted by Gasteiger charge is -2.09. The topological polar surface area (TPSA) is 55.6 Å². The Morgan fingerprint density at radius 3 is 2.77 bits per heavy atom. The van der Waals surface area contributed by atoms with Gasteiger partial charge in [0.2, 0.25) is 0 Å². The molecule has 0 aliphatic rings. The zero-order valence-corrected chi connectivity index (χ0v) is 12.4. The summed E-state index contributed by atoms with van der Waals surface area (Å²) in [5.74, 6) is 1.64. The molecular weight excluding hydrogens is 295 g/mol. The first-order valence-corrected chi connectivity index (χ1v) is 7.03. The molecule has 120 valence electrons. The lowest BCUT2D eigenvalue weighted by atomic mass is 10.1. The van der Waals surface area contributed by atoms with E-state index in [1.807, 2.05) is 6.92 Å². The van der Waals surface area contributed by atoms with Crippen LogP contribution in [0.3, 0.4) is 0 Å². The van der Waals surface area contributed by atoms with E-state index in [9.17, 15) is 13.2 Å². The van der Waals surface area contributed by atoms with E-state index >= 15 is 0 Å². The minimum Gasteiger partial charge on any atom is -0.364 e. The van der Waals surface area contributed by atoms with Crippen molar-refractivity contribution in [3.63, 3.8) is 0 Å². The largest absolute Gasteiger partial charge is 0.408 e. The van der Waals surface area contributed by atoms with Crippen molar-refractivity contribution >= 4 is 5.82 Å². The smallest absolute Gasteiger partial charge is 0.364 e. The lowest BCUT2D eigenvalue weighted by Crippen LogP contribution is -2.18. The van der Waals surface area contributed by atoms with Crippen LogP contribution >= 0.6 is 0 Å². The summed E-state index contributed by atoms with van der Waals surface area (Å²) >= 11 is 0. The Morgan fingerprint density at radius 2 is 2.09 bits per heavy atom. The molecule has 0 aliphatic heterocycles. The molecule has 5 nitrogen and oxygen atoms in total. The molecule has 1 unspecified atom stereocenters. The fourth-order valence-corrected chi connectivity index (χ4v) is 1.84. The van der Waals surface area contributed by atoms with Gasteiger partial charge in [0.15, 0.2) is 0 Å². The maximum absolute atomic E-state index is 12.3. The molecule has 2 heterocycles. The van der Waals surface area contributed by atoms with Crippen molar-refractivity contribution in [3.05, 3.63) is 36.0 Å². The van der Waals surface area contributed by atoms with Gasteiger partial charge in [-0.15, -0.1) is 0 Å². The van der Waals surface area contributed by atoms with E-state index in [0.717, 1.165) is 16.9 Å². The molecule has 1 N–H and O–H groups in total. The second kappa shape index (κ2) is 6.76. The molecule has 0 spiro atoms. The lowest BCUT2D eigenvalue weighted by molar-refractivity contribution is -0.142. The monoisotopic (exact) mass is 313 g/mol. The van der Waals surface area contributed by atoms with Crippen LogP contribution in [0, 0.1) is 0 Å². The number of rotatable bonds is 6. The Morgan fingerprint density at radius 1 is 1.32 bits per heavy atom. The second-order valence-corrected chi connectivity index (χ2v) is 5.08. The van der Waals surface area contributed by atoms with Gasteiger partial charge in [-0.05, 0) is 18.6 Å². The molecule has 2 aromatic rings. The summed E-state index contributed by atoms with van der Waals surface area (Å²) in [5, 5.41) is 6.92. The molecule has 0 saturated heterocycles. The molecule has 0 amide bonds. The highest BCUT2D eigenvalue weighted by atomic mass is 19.4. The molecule has 0 saturated carbocycles. The van der Waals surface area contributed by atoms with Crippen molar-refractivity contribution in [1.82, 2.24) is 19.7 Å². The minimum absolute atomic E-state index is 0.257. The zero-order valence-electron chi connectivity index (χ0n) is 12.4. The number of hydrogen-bond donors (Lipinski definition) is 1. The van der Waals surface area contributed by atoms with E-state index in [1.165, 1.54) is 6.20 Å². The molecule has 0 aliphatic carbocycles. The SMILES string of the molecule is CCC(C)c1nccc(NCc2ccn(CC(F)(F)F)n2)n1. The molecule has 0 bridgehead atoms. The highest BCUT2D eigenvalue weighted by Gasteiger charge is 2.28. The van der Waals surface area contributed by atoms with Gasteiger partial charge in [0, 0.05) is 18.3 Å². The second-order valence-electron chi connectivity index (χ2n) is 5.08. The van der Waals surface area contributed by atoms with Crippen molar-refractivity contribution in [3.8, 4) is 0 Å². The van der Waals surface area contributed by atoms with Crippen LogP contribution in [0.4, 0.5) is 19.0 Å². The number of hydrogen-bond acceptors (Lipinski definition) is 4. The Balaban J connectivity index is 1.96. The predicted molar refractivity (Wildman–Crippen MR) is 76.3 cm³/mol. The van der Waals surface area contributed by atoms with Gasteiger partial charge in [-0.1, -0.05) is 13.8 Å². The van der Waals surface area contributed by atoms with Crippen LogP contribution < -0.4 is 5.32 Å². The molecule has 2 aromatic heterocycles. The van der Waals surface area contributed by atoms with Gasteiger partial charge in [-0.25, -0.2) is 9.97 Å². The van der Waals surface area contributed by atoms with Gasteiger partial charge in [-0.2, -0.15) is 18.3 Å². The first kappa shape index (κ1) is 16.3. The highest BCUT2D eigenvalue weighted by molar-refractivity contribution is 5.33. The van der Waals surface area contributed by atoms with Gasteiger partial charge in [-0.3, -0.25) is 4.68 Å². The minimum atomic E-state index is -4.27. The predicted octanol–water partition coefficient (Wildman–Crippen LogP) is 3.36. The molecule has 2 rings (SSSR count). The van der Waals surface area contributed by atoms with Crippen LogP contribution in [0.1, 0.15) is 37.7 Å². The van der Waals surface area contributed by atoms with Gasteiger partial charge < -0.3 is 5.32 Å². The average molecular weight is 313 g/mol. The van der Waals surface area contributed by atoms with Crippen LogP contribution in [0.15, 0.2) is 24.5 Å². The van der Waals surface area contributed by atoms with Gasteiger partial charge >= 0.3 is 6.18 Å². The number of nitrogens with zero attached hydrogens (tertiary/aromatic N) is 4. The number of nitrogens with one attached hydrogen (secondary N) is 1. The normalized spacial score (nSPS) is 13.1. The first-order valence-electron chi connectivity index (χ1n) is 7.03. The van der Waals surface area contributed by atoms with Crippen molar-refractivity contribution in [1.29, 1.82) is 0 Å². The maximum Gasteiger partial charge on any atom is 0.408 e. The molecule has 22 heavy (non-hydrogen) atoms. The van der Waals surface area contributed by atoms with Crippen LogP contribution in [0.25, 0.3) is 0 Å². The number of alkyl halides is 3.